The van der Waals surface area contributed by atoms with Crippen molar-refractivity contribution in [2.75, 3.05) is 5.32 Å². The van der Waals surface area contributed by atoms with E-state index in [9.17, 15) is 19.2 Å². The smallest absolute Gasteiger partial charge is 0.356 e. The molecule has 8 nitrogen and oxygen atoms in total. The fraction of sp³-hybridized carbons (Fsp3) is 0.364. The van der Waals surface area contributed by atoms with E-state index in [1.54, 1.807) is 0 Å². The number of nitrogens with zero attached hydrogens (tertiary/aromatic N) is 1. The molecule has 0 aliphatic carbocycles. The van der Waals surface area contributed by atoms with Gasteiger partial charge in [0.25, 0.3) is 0 Å². The largest absolute Gasteiger partial charge is 0.476 e. The van der Waals surface area contributed by atoms with Crippen molar-refractivity contribution < 1.29 is 24.3 Å². The Hall–Kier alpha value is -2.29. The zero-order valence-corrected chi connectivity index (χ0v) is 11.2. The first-order chi connectivity index (χ1) is 9.38. The number of carboxylic acid groups (broad SMARTS) is 1. The summed E-state index contributed by atoms with van der Waals surface area (Å²) in [5.74, 6) is -2.54. The summed E-state index contributed by atoms with van der Waals surface area (Å²) in [7, 11) is 0. The van der Waals surface area contributed by atoms with Crippen molar-refractivity contribution in [3.63, 3.8) is 0 Å². The van der Waals surface area contributed by atoms with Gasteiger partial charge in [-0.2, -0.15) is 0 Å². The number of carboxylic acids is 1. The molecule has 9 heteroatoms. The molecule has 2 amide bonds. The van der Waals surface area contributed by atoms with E-state index in [0.717, 1.165) is 11.3 Å². The van der Waals surface area contributed by atoms with E-state index in [1.807, 2.05) is 0 Å². The van der Waals surface area contributed by atoms with E-state index >= 15 is 0 Å². The monoisotopic (exact) mass is 297 g/mol. The summed E-state index contributed by atoms with van der Waals surface area (Å²) >= 11 is 0.875. The summed E-state index contributed by atoms with van der Waals surface area (Å²) in [6.07, 6.45) is 0.488. The first kappa shape index (κ1) is 14.1. The van der Waals surface area contributed by atoms with Crippen LogP contribution in [0, 0.1) is 0 Å². The lowest BCUT2D eigenvalue weighted by Gasteiger charge is -2.21. The first-order valence-corrected chi connectivity index (χ1v) is 6.55. The molecule has 1 saturated heterocycles. The Morgan fingerprint density at radius 2 is 2.15 bits per heavy atom. The summed E-state index contributed by atoms with van der Waals surface area (Å²) in [6, 6.07) is -0.666. The number of aromatic nitrogens is 1. The van der Waals surface area contributed by atoms with Crippen molar-refractivity contribution in [2.45, 2.75) is 25.8 Å². The van der Waals surface area contributed by atoms with Crippen molar-refractivity contribution in [3.8, 4) is 0 Å². The molecule has 2 rings (SSSR count). The Balaban J connectivity index is 2.20. The van der Waals surface area contributed by atoms with Crippen LogP contribution in [-0.2, 0) is 9.59 Å². The SMILES string of the molecule is CC(=O)c1sc(NC2CCC(=O)NC2=O)nc1C(=O)O. The predicted molar refractivity (Wildman–Crippen MR) is 68.9 cm³/mol. The van der Waals surface area contributed by atoms with Crippen LogP contribution in [0.2, 0.25) is 0 Å². The standard InChI is InChI=1S/C11H11N3O5S/c1-4(15)8-7(10(18)19)14-11(20-8)12-5-2-3-6(16)13-9(5)17/h5H,2-3H2,1H3,(H,12,14)(H,18,19)(H,13,16,17). The van der Waals surface area contributed by atoms with Gasteiger partial charge >= 0.3 is 5.97 Å². The molecule has 1 aliphatic rings. The number of hydrogen-bond acceptors (Lipinski definition) is 7. The summed E-state index contributed by atoms with van der Waals surface area (Å²) in [4.78, 5) is 48.7. The zero-order chi connectivity index (χ0) is 14.9. The van der Waals surface area contributed by atoms with Gasteiger partial charge in [0, 0.05) is 13.3 Å². The van der Waals surface area contributed by atoms with E-state index in [2.05, 4.69) is 15.6 Å². The molecule has 1 atom stereocenters. The topological polar surface area (TPSA) is 125 Å². The highest BCUT2D eigenvalue weighted by Gasteiger charge is 2.28. The van der Waals surface area contributed by atoms with Crippen LogP contribution in [0.25, 0.3) is 0 Å². The molecule has 0 aromatic carbocycles. The first-order valence-electron chi connectivity index (χ1n) is 5.73. The lowest BCUT2D eigenvalue weighted by atomic mass is 10.1. The van der Waals surface area contributed by atoms with Gasteiger partial charge in [0.15, 0.2) is 16.6 Å². The van der Waals surface area contributed by atoms with Gasteiger partial charge in [-0.15, -0.1) is 0 Å². The zero-order valence-electron chi connectivity index (χ0n) is 10.4. The molecule has 0 bridgehead atoms. The maximum Gasteiger partial charge on any atom is 0.356 e. The molecular formula is C11H11N3O5S. The minimum Gasteiger partial charge on any atom is -0.476 e. The van der Waals surface area contributed by atoms with Crippen molar-refractivity contribution >= 4 is 40.0 Å². The van der Waals surface area contributed by atoms with Crippen LogP contribution in [0.1, 0.15) is 39.9 Å². The minimum absolute atomic E-state index is 0.0206. The lowest BCUT2D eigenvalue weighted by molar-refractivity contribution is -0.133. The number of carbonyl (C=O) groups is 4. The third-order valence-corrected chi connectivity index (χ3v) is 3.77. The van der Waals surface area contributed by atoms with Crippen LogP contribution in [0.3, 0.4) is 0 Å². The van der Waals surface area contributed by atoms with Gasteiger partial charge in [0.05, 0.1) is 0 Å². The number of nitrogens with one attached hydrogen (secondary N) is 2. The number of Topliss-reactive ketones (excluding diaryl/α,β-unsaturated/α-hetero) is 1. The van der Waals surface area contributed by atoms with Crippen LogP contribution in [0.15, 0.2) is 0 Å². The third-order valence-electron chi connectivity index (χ3n) is 2.69. The molecule has 1 unspecified atom stereocenters. The van der Waals surface area contributed by atoms with E-state index in [-0.39, 0.29) is 28.0 Å². The van der Waals surface area contributed by atoms with E-state index in [0.29, 0.717) is 6.42 Å². The summed E-state index contributed by atoms with van der Waals surface area (Å²) in [6.45, 7) is 1.25. The van der Waals surface area contributed by atoms with Gasteiger partial charge in [0.1, 0.15) is 10.9 Å². The molecule has 0 spiro atoms. The van der Waals surface area contributed by atoms with E-state index in [1.165, 1.54) is 6.92 Å². The maximum atomic E-state index is 11.6. The van der Waals surface area contributed by atoms with E-state index < -0.39 is 23.7 Å². The maximum absolute atomic E-state index is 11.6. The quantitative estimate of drug-likeness (QED) is 0.537. The number of imide groups is 1. The Morgan fingerprint density at radius 1 is 1.45 bits per heavy atom. The molecule has 1 aromatic heterocycles. The second kappa shape index (κ2) is 5.37. The number of amides is 2. The second-order valence-electron chi connectivity index (χ2n) is 4.21. The number of ketones is 1. The average molecular weight is 297 g/mol. The van der Waals surface area contributed by atoms with Gasteiger partial charge in [-0.05, 0) is 6.42 Å². The lowest BCUT2D eigenvalue weighted by Crippen LogP contribution is -2.47. The van der Waals surface area contributed by atoms with Crippen molar-refractivity contribution in [3.05, 3.63) is 10.6 Å². The Morgan fingerprint density at radius 3 is 2.65 bits per heavy atom. The highest BCUT2D eigenvalue weighted by atomic mass is 32.1. The van der Waals surface area contributed by atoms with Crippen LogP contribution >= 0.6 is 11.3 Å². The number of anilines is 1. The van der Waals surface area contributed by atoms with Crippen molar-refractivity contribution in [1.29, 1.82) is 0 Å². The minimum atomic E-state index is -1.30. The molecule has 0 saturated carbocycles. The van der Waals surface area contributed by atoms with Crippen LogP contribution < -0.4 is 10.6 Å². The molecule has 0 radical (unpaired) electrons. The predicted octanol–water partition coefficient (Wildman–Crippen LogP) is 0.261. The fourth-order valence-electron chi connectivity index (χ4n) is 1.75. The highest BCUT2D eigenvalue weighted by Crippen LogP contribution is 2.25. The second-order valence-corrected chi connectivity index (χ2v) is 5.21. The van der Waals surface area contributed by atoms with Gasteiger partial charge < -0.3 is 10.4 Å². The molecule has 20 heavy (non-hydrogen) atoms. The van der Waals surface area contributed by atoms with Gasteiger partial charge in [-0.3, -0.25) is 19.7 Å². The van der Waals surface area contributed by atoms with E-state index in [4.69, 9.17) is 5.11 Å². The Bertz CT molecular complexity index is 578. The molecule has 1 aromatic rings. The molecular weight excluding hydrogens is 286 g/mol. The molecule has 1 aliphatic heterocycles. The molecule has 3 N–H and O–H groups in total. The molecule has 106 valence electrons. The number of rotatable bonds is 4. The van der Waals surface area contributed by atoms with Crippen LogP contribution in [0.5, 0.6) is 0 Å². The van der Waals surface area contributed by atoms with Crippen LogP contribution in [0.4, 0.5) is 5.13 Å². The third kappa shape index (κ3) is 2.82. The normalized spacial score (nSPS) is 18.6. The number of hydrogen-bond donors (Lipinski definition) is 3. The number of piperidine rings is 1. The van der Waals surface area contributed by atoms with Gasteiger partial charge in [-0.25, -0.2) is 9.78 Å². The molecule has 2 heterocycles. The Labute approximate surface area is 117 Å². The summed E-state index contributed by atoms with van der Waals surface area (Å²) in [5, 5.41) is 14.0. The fourth-order valence-corrected chi connectivity index (χ4v) is 2.65. The molecule has 1 fully saturated rings. The number of thiazole rings is 1. The van der Waals surface area contributed by atoms with Gasteiger partial charge in [0.2, 0.25) is 11.8 Å². The number of aromatic carboxylic acids is 1. The highest BCUT2D eigenvalue weighted by molar-refractivity contribution is 7.17. The van der Waals surface area contributed by atoms with Gasteiger partial charge in [-0.1, -0.05) is 11.3 Å². The van der Waals surface area contributed by atoms with Crippen molar-refractivity contribution in [1.82, 2.24) is 10.3 Å². The average Bonchev–Trinajstić information content (AvgIpc) is 2.77. The summed E-state index contributed by atoms with van der Waals surface area (Å²) in [5.41, 5.74) is -0.336. The number of carbonyl (C=O) groups excluding carboxylic acids is 3. The summed E-state index contributed by atoms with van der Waals surface area (Å²) < 4.78 is 0. The van der Waals surface area contributed by atoms with Crippen LogP contribution in [-0.4, -0.2) is 39.7 Å². The van der Waals surface area contributed by atoms with Crippen molar-refractivity contribution in [2.24, 2.45) is 0 Å². The Kier molecular flexibility index (Phi) is 3.79.